The average molecular weight is 222 g/mol. The van der Waals surface area contributed by atoms with Crippen molar-refractivity contribution >= 4 is 0 Å². The fraction of sp³-hybridized carbons (Fsp3) is 1.00. The summed E-state index contributed by atoms with van der Waals surface area (Å²) >= 11 is 0. The Bertz CT molecular complexity index is 281. The first kappa shape index (κ1) is 11.1. The lowest BCUT2D eigenvalue weighted by Crippen LogP contribution is -2.49. The molecule has 2 unspecified atom stereocenters. The third-order valence-corrected chi connectivity index (χ3v) is 5.99. The van der Waals surface area contributed by atoms with E-state index in [-0.39, 0.29) is 5.60 Å². The van der Waals surface area contributed by atoms with Crippen molar-refractivity contribution in [1.29, 1.82) is 0 Å². The van der Waals surface area contributed by atoms with Gasteiger partial charge in [-0.25, -0.2) is 0 Å². The lowest BCUT2D eigenvalue weighted by Gasteiger charge is -2.53. The van der Waals surface area contributed by atoms with Gasteiger partial charge in [0, 0.05) is 6.61 Å². The second-order valence-electron chi connectivity index (χ2n) is 7.25. The zero-order valence-electron chi connectivity index (χ0n) is 11.1. The summed E-state index contributed by atoms with van der Waals surface area (Å²) in [5, 5.41) is 0. The molecule has 1 aliphatic heterocycles. The van der Waals surface area contributed by atoms with Gasteiger partial charge in [0.05, 0.1) is 5.60 Å². The topological polar surface area (TPSA) is 9.23 Å². The molecule has 0 aromatic heterocycles. The van der Waals surface area contributed by atoms with E-state index in [1.807, 2.05) is 0 Å². The highest BCUT2D eigenvalue weighted by atomic mass is 16.5. The van der Waals surface area contributed by atoms with Crippen LogP contribution >= 0.6 is 0 Å². The van der Waals surface area contributed by atoms with Crippen LogP contribution in [0, 0.1) is 23.2 Å². The Morgan fingerprint density at radius 1 is 0.938 bits per heavy atom. The van der Waals surface area contributed by atoms with E-state index >= 15 is 0 Å². The first-order valence-electron chi connectivity index (χ1n) is 7.17. The number of hydrogen-bond acceptors (Lipinski definition) is 1. The Labute approximate surface area is 99.9 Å². The first-order valence-corrected chi connectivity index (χ1v) is 7.17. The molecule has 0 amide bonds. The Morgan fingerprint density at radius 3 is 2.56 bits per heavy atom. The molecule has 2 saturated carbocycles. The standard InChI is InChI=1S/C15H26O/c1-14(2)8-4-5-11-12(14)6-9-15(3)13(11)7-10-16-15/h11-13H,4-10H2,1-3H3/t11?,12-,13?,15-/m1/s1. The van der Waals surface area contributed by atoms with Crippen LogP contribution in [0.1, 0.15) is 59.3 Å². The van der Waals surface area contributed by atoms with E-state index in [1.54, 1.807) is 0 Å². The summed E-state index contributed by atoms with van der Waals surface area (Å²) in [5.74, 6) is 2.80. The van der Waals surface area contributed by atoms with Crippen LogP contribution in [0.15, 0.2) is 0 Å². The lowest BCUT2D eigenvalue weighted by atomic mass is 9.53. The molecule has 3 rings (SSSR count). The zero-order chi connectivity index (χ0) is 11.4. The number of rotatable bonds is 0. The van der Waals surface area contributed by atoms with Gasteiger partial charge in [0.1, 0.15) is 0 Å². The Kier molecular flexibility index (Phi) is 2.41. The Balaban J connectivity index is 1.88. The molecule has 1 heteroatoms. The van der Waals surface area contributed by atoms with Crippen molar-refractivity contribution < 1.29 is 4.74 Å². The van der Waals surface area contributed by atoms with Crippen molar-refractivity contribution in [2.45, 2.75) is 64.9 Å². The summed E-state index contributed by atoms with van der Waals surface area (Å²) in [6.45, 7) is 8.40. The molecule has 3 fully saturated rings. The fourth-order valence-electron chi connectivity index (χ4n) is 5.04. The van der Waals surface area contributed by atoms with Gasteiger partial charge in [-0.05, 0) is 62.2 Å². The van der Waals surface area contributed by atoms with E-state index in [0.717, 1.165) is 24.4 Å². The maximum atomic E-state index is 6.06. The third-order valence-electron chi connectivity index (χ3n) is 5.99. The minimum Gasteiger partial charge on any atom is -0.375 e. The minimum atomic E-state index is 0.245. The maximum Gasteiger partial charge on any atom is 0.0686 e. The summed E-state index contributed by atoms with van der Waals surface area (Å²) in [6.07, 6.45) is 8.40. The van der Waals surface area contributed by atoms with Gasteiger partial charge in [0.15, 0.2) is 0 Å². The van der Waals surface area contributed by atoms with Gasteiger partial charge in [-0.1, -0.05) is 20.3 Å². The summed E-state index contributed by atoms with van der Waals surface area (Å²) in [7, 11) is 0. The maximum absolute atomic E-state index is 6.06. The molecule has 0 aromatic carbocycles. The van der Waals surface area contributed by atoms with Crippen LogP contribution in [0.2, 0.25) is 0 Å². The van der Waals surface area contributed by atoms with Crippen LogP contribution in [-0.4, -0.2) is 12.2 Å². The van der Waals surface area contributed by atoms with Crippen molar-refractivity contribution in [2.24, 2.45) is 23.2 Å². The summed E-state index contributed by atoms with van der Waals surface area (Å²) in [6, 6.07) is 0. The molecule has 1 heterocycles. The van der Waals surface area contributed by atoms with E-state index in [9.17, 15) is 0 Å². The van der Waals surface area contributed by atoms with Gasteiger partial charge in [0.25, 0.3) is 0 Å². The summed E-state index contributed by atoms with van der Waals surface area (Å²) < 4.78 is 6.06. The van der Waals surface area contributed by atoms with E-state index in [0.29, 0.717) is 5.41 Å². The highest BCUT2D eigenvalue weighted by molar-refractivity contribution is 5.03. The van der Waals surface area contributed by atoms with Crippen LogP contribution in [0.4, 0.5) is 0 Å². The molecule has 0 bridgehead atoms. The molecular formula is C15H26O. The molecule has 2 aliphatic carbocycles. The molecule has 1 nitrogen and oxygen atoms in total. The molecular weight excluding hydrogens is 196 g/mol. The normalized spacial score (nSPS) is 50.8. The predicted molar refractivity (Wildman–Crippen MR) is 66.3 cm³/mol. The predicted octanol–water partition coefficient (Wildman–Crippen LogP) is 4.02. The van der Waals surface area contributed by atoms with E-state index < -0.39 is 0 Å². The smallest absolute Gasteiger partial charge is 0.0686 e. The molecule has 92 valence electrons. The summed E-state index contributed by atoms with van der Waals surface area (Å²) in [4.78, 5) is 0. The van der Waals surface area contributed by atoms with Gasteiger partial charge >= 0.3 is 0 Å². The van der Waals surface area contributed by atoms with Crippen LogP contribution in [0.3, 0.4) is 0 Å². The van der Waals surface area contributed by atoms with Gasteiger partial charge in [-0.3, -0.25) is 0 Å². The van der Waals surface area contributed by atoms with Crippen molar-refractivity contribution in [1.82, 2.24) is 0 Å². The van der Waals surface area contributed by atoms with Gasteiger partial charge in [-0.2, -0.15) is 0 Å². The van der Waals surface area contributed by atoms with Crippen molar-refractivity contribution in [3.8, 4) is 0 Å². The molecule has 0 radical (unpaired) electrons. The van der Waals surface area contributed by atoms with Crippen molar-refractivity contribution in [3.63, 3.8) is 0 Å². The minimum absolute atomic E-state index is 0.245. The quantitative estimate of drug-likeness (QED) is 0.601. The van der Waals surface area contributed by atoms with Gasteiger partial charge in [0.2, 0.25) is 0 Å². The third kappa shape index (κ3) is 1.47. The monoisotopic (exact) mass is 222 g/mol. The van der Waals surface area contributed by atoms with E-state index in [4.69, 9.17) is 4.74 Å². The molecule has 0 aromatic rings. The van der Waals surface area contributed by atoms with Crippen molar-refractivity contribution in [3.05, 3.63) is 0 Å². The molecule has 0 N–H and O–H groups in total. The lowest BCUT2D eigenvalue weighted by molar-refractivity contribution is -0.100. The van der Waals surface area contributed by atoms with E-state index in [2.05, 4.69) is 20.8 Å². The molecule has 0 spiro atoms. The van der Waals surface area contributed by atoms with E-state index in [1.165, 1.54) is 38.5 Å². The SMILES string of the molecule is CC1(C)CCCC2C3CCO[C@]3(C)CC[C@H]21. The van der Waals surface area contributed by atoms with Gasteiger partial charge < -0.3 is 4.74 Å². The largest absolute Gasteiger partial charge is 0.375 e. The highest BCUT2D eigenvalue weighted by Gasteiger charge is 2.54. The Morgan fingerprint density at radius 2 is 1.75 bits per heavy atom. The average Bonchev–Trinajstić information content (AvgIpc) is 2.59. The zero-order valence-corrected chi connectivity index (χ0v) is 11.1. The molecule has 3 aliphatic rings. The Hall–Kier alpha value is -0.0400. The number of ether oxygens (including phenoxy) is 1. The first-order chi connectivity index (χ1) is 7.53. The van der Waals surface area contributed by atoms with Crippen LogP contribution in [-0.2, 0) is 4.74 Å². The highest BCUT2D eigenvalue weighted by Crippen LogP contribution is 2.58. The molecule has 16 heavy (non-hydrogen) atoms. The number of hydrogen-bond donors (Lipinski definition) is 0. The second kappa shape index (κ2) is 3.48. The summed E-state index contributed by atoms with van der Waals surface area (Å²) in [5.41, 5.74) is 0.835. The second-order valence-corrected chi connectivity index (χ2v) is 7.25. The molecule has 4 atom stereocenters. The fourth-order valence-corrected chi connectivity index (χ4v) is 5.04. The number of fused-ring (bicyclic) bond motifs is 3. The molecule has 1 saturated heterocycles. The van der Waals surface area contributed by atoms with Crippen LogP contribution in [0.25, 0.3) is 0 Å². The van der Waals surface area contributed by atoms with Crippen molar-refractivity contribution in [2.75, 3.05) is 6.61 Å². The van der Waals surface area contributed by atoms with Crippen LogP contribution < -0.4 is 0 Å². The van der Waals surface area contributed by atoms with Gasteiger partial charge in [-0.15, -0.1) is 0 Å². The van der Waals surface area contributed by atoms with Crippen LogP contribution in [0.5, 0.6) is 0 Å².